The van der Waals surface area contributed by atoms with Gasteiger partial charge in [-0.05, 0) is 44.4 Å². The molecular formula is C17H23F2NO4. The summed E-state index contributed by atoms with van der Waals surface area (Å²) in [7, 11) is 0. The largest absolute Gasteiger partial charge is 0.435 e. The Morgan fingerprint density at radius 3 is 2.62 bits per heavy atom. The van der Waals surface area contributed by atoms with E-state index in [1.165, 1.54) is 12.1 Å². The Labute approximate surface area is 140 Å². The highest BCUT2D eigenvalue weighted by Crippen LogP contribution is 2.19. The average molecular weight is 343 g/mol. The Morgan fingerprint density at radius 2 is 2.04 bits per heavy atom. The molecule has 1 aliphatic heterocycles. The average Bonchev–Trinajstić information content (AvgIpc) is 3.06. The first-order valence-electron chi connectivity index (χ1n) is 8.04. The van der Waals surface area contributed by atoms with E-state index in [2.05, 4.69) is 10.1 Å². The molecule has 1 aromatic carbocycles. The third-order valence-electron chi connectivity index (χ3n) is 3.89. The minimum atomic E-state index is -2.85. The number of amides is 1. The molecule has 0 saturated carbocycles. The molecule has 0 aliphatic carbocycles. The zero-order valence-electron chi connectivity index (χ0n) is 13.8. The molecule has 1 heterocycles. The zero-order chi connectivity index (χ0) is 17.5. The molecule has 24 heavy (non-hydrogen) atoms. The smallest absolute Gasteiger partial charge is 0.387 e. The molecule has 7 heteroatoms. The molecule has 1 saturated heterocycles. The molecule has 1 aliphatic rings. The van der Waals surface area contributed by atoms with E-state index in [0.29, 0.717) is 6.61 Å². The molecule has 2 rings (SSSR count). The minimum absolute atomic E-state index is 0.0695. The second-order valence-electron chi connectivity index (χ2n) is 5.79. The Kier molecular flexibility index (Phi) is 6.93. The predicted octanol–water partition coefficient (Wildman–Crippen LogP) is 3.05. The number of carbonyl (C=O) groups is 1. The van der Waals surface area contributed by atoms with Crippen molar-refractivity contribution in [3.63, 3.8) is 0 Å². The molecule has 0 radical (unpaired) electrons. The van der Waals surface area contributed by atoms with Crippen molar-refractivity contribution in [2.45, 2.75) is 51.6 Å². The van der Waals surface area contributed by atoms with E-state index >= 15 is 0 Å². The Bertz CT molecular complexity index is 518. The van der Waals surface area contributed by atoms with Crippen molar-refractivity contribution in [1.82, 2.24) is 5.32 Å². The van der Waals surface area contributed by atoms with Crippen molar-refractivity contribution >= 4 is 5.91 Å². The van der Waals surface area contributed by atoms with Crippen molar-refractivity contribution in [1.29, 1.82) is 0 Å². The lowest BCUT2D eigenvalue weighted by atomic mass is 10.1. The monoisotopic (exact) mass is 343 g/mol. The van der Waals surface area contributed by atoms with E-state index in [0.717, 1.165) is 25.0 Å². The van der Waals surface area contributed by atoms with Crippen LogP contribution in [0.4, 0.5) is 8.78 Å². The van der Waals surface area contributed by atoms with Crippen LogP contribution in [0.25, 0.3) is 0 Å². The zero-order valence-corrected chi connectivity index (χ0v) is 13.8. The van der Waals surface area contributed by atoms with Gasteiger partial charge in [0.25, 0.3) is 0 Å². The molecule has 1 N–H and O–H groups in total. The molecule has 1 aromatic rings. The SMILES string of the molecule is CC(OCC1CCCO1)C(=O)NC(C)c1ccc(OC(F)F)cc1. The van der Waals surface area contributed by atoms with Crippen LogP contribution in [-0.4, -0.2) is 37.9 Å². The number of nitrogens with one attached hydrogen (secondary N) is 1. The summed E-state index contributed by atoms with van der Waals surface area (Å²) in [5.74, 6) is -0.144. The standard InChI is InChI=1S/C17H23F2NO4/c1-11(13-5-7-14(8-6-13)24-17(18)19)20-16(21)12(2)23-10-15-4-3-9-22-15/h5-8,11-12,15,17H,3-4,9-10H2,1-2H3,(H,20,21). The van der Waals surface area contributed by atoms with E-state index in [-0.39, 0.29) is 23.8 Å². The Morgan fingerprint density at radius 1 is 1.33 bits per heavy atom. The van der Waals surface area contributed by atoms with Gasteiger partial charge in [0.1, 0.15) is 11.9 Å². The maximum Gasteiger partial charge on any atom is 0.387 e. The summed E-state index contributed by atoms with van der Waals surface area (Å²) >= 11 is 0. The highest BCUT2D eigenvalue weighted by Gasteiger charge is 2.21. The summed E-state index contributed by atoms with van der Waals surface area (Å²) in [6, 6.07) is 5.90. The maximum absolute atomic E-state index is 12.1. The third kappa shape index (κ3) is 5.72. The summed E-state index contributed by atoms with van der Waals surface area (Å²) in [5.41, 5.74) is 0.788. The van der Waals surface area contributed by atoms with E-state index in [1.54, 1.807) is 19.1 Å². The fraction of sp³-hybridized carbons (Fsp3) is 0.588. The summed E-state index contributed by atoms with van der Waals surface area (Å²) in [5, 5.41) is 2.84. The topological polar surface area (TPSA) is 56.8 Å². The molecule has 1 fully saturated rings. The van der Waals surface area contributed by atoms with E-state index in [1.807, 2.05) is 6.92 Å². The number of hydrogen-bond acceptors (Lipinski definition) is 4. The van der Waals surface area contributed by atoms with Crippen LogP contribution >= 0.6 is 0 Å². The summed E-state index contributed by atoms with van der Waals surface area (Å²) in [4.78, 5) is 12.1. The molecular weight excluding hydrogens is 320 g/mol. The lowest BCUT2D eigenvalue weighted by molar-refractivity contribution is -0.134. The van der Waals surface area contributed by atoms with Gasteiger partial charge in [-0.25, -0.2) is 0 Å². The van der Waals surface area contributed by atoms with Gasteiger partial charge in [0.2, 0.25) is 5.91 Å². The van der Waals surface area contributed by atoms with Crippen molar-refractivity contribution in [2.24, 2.45) is 0 Å². The van der Waals surface area contributed by atoms with Gasteiger partial charge < -0.3 is 19.5 Å². The van der Waals surface area contributed by atoms with Crippen LogP contribution in [0, 0.1) is 0 Å². The first-order chi connectivity index (χ1) is 11.5. The highest BCUT2D eigenvalue weighted by atomic mass is 19.3. The van der Waals surface area contributed by atoms with E-state index < -0.39 is 12.7 Å². The van der Waals surface area contributed by atoms with Crippen molar-refractivity contribution < 1.29 is 27.8 Å². The number of hydrogen-bond donors (Lipinski definition) is 1. The van der Waals surface area contributed by atoms with E-state index in [9.17, 15) is 13.6 Å². The van der Waals surface area contributed by atoms with Gasteiger partial charge in [0, 0.05) is 6.61 Å². The van der Waals surface area contributed by atoms with Gasteiger partial charge in [0.15, 0.2) is 0 Å². The molecule has 5 nitrogen and oxygen atoms in total. The van der Waals surface area contributed by atoms with Gasteiger partial charge in [0.05, 0.1) is 18.8 Å². The van der Waals surface area contributed by atoms with Crippen LogP contribution < -0.4 is 10.1 Å². The van der Waals surface area contributed by atoms with Gasteiger partial charge in [-0.15, -0.1) is 0 Å². The lowest BCUT2D eigenvalue weighted by Crippen LogP contribution is -2.37. The number of benzene rings is 1. The van der Waals surface area contributed by atoms with Crippen molar-refractivity contribution in [3.8, 4) is 5.75 Å². The van der Waals surface area contributed by atoms with Crippen LogP contribution in [0.5, 0.6) is 5.75 Å². The number of carbonyl (C=O) groups excluding carboxylic acids is 1. The number of halogens is 2. The molecule has 0 bridgehead atoms. The minimum Gasteiger partial charge on any atom is -0.435 e. The van der Waals surface area contributed by atoms with Crippen LogP contribution in [-0.2, 0) is 14.3 Å². The molecule has 3 unspecified atom stereocenters. The van der Waals surface area contributed by atoms with Gasteiger partial charge in [-0.1, -0.05) is 12.1 Å². The quantitative estimate of drug-likeness (QED) is 0.788. The number of rotatable bonds is 8. The van der Waals surface area contributed by atoms with Crippen LogP contribution in [0.15, 0.2) is 24.3 Å². The first kappa shape index (κ1) is 18.6. The summed E-state index contributed by atoms with van der Waals surface area (Å²) < 4.78 is 39.5. The van der Waals surface area contributed by atoms with Gasteiger partial charge in [-0.3, -0.25) is 4.79 Å². The summed E-state index contributed by atoms with van der Waals surface area (Å²) in [6.45, 7) is 1.80. The van der Waals surface area contributed by atoms with Crippen molar-refractivity contribution in [3.05, 3.63) is 29.8 Å². The first-order valence-corrected chi connectivity index (χ1v) is 8.04. The lowest BCUT2D eigenvalue weighted by Gasteiger charge is -2.20. The molecule has 0 spiro atoms. The normalized spacial score (nSPS) is 20.0. The maximum atomic E-state index is 12.1. The van der Waals surface area contributed by atoms with Crippen LogP contribution in [0.2, 0.25) is 0 Å². The van der Waals surface area contributed by atoms with Gasteiger partial charge >= 0.3 is 6.61 Å². The fourth-order valence-electron chi connectivity index (χ4n) is 2.46. The second-order valence-corrected chi connectivity index (χ2v) is 5.79. The fourth-order valence-corrected chi connectivity index (χ4v) is 2.46. The molecule has 1 amide bonds. The van der Waals surface area contributed by atoms with Crippen LogP contribution in [0.3, 0.4) is 0 Å². The summed E-state index contributed by atoms with van der Waals surface area (Å²) in [6.07, 6.45) is 1.47. The highest BCUT2D eigenvalue weighted by molar-refractivity contribution is 5.80. The van der Waals surface area contributed by atoms with Gasteiger partial charge in [-0.2, -0.15) is 8.78 Å². The predicted molar refractivity (Wildman–Crippen MR) is 84.0 cm³/mol. The Balaban J connectivity index is 1.79. The number of alkyl halides is 2. The second kappa shape index (κ2) is 8.94. The third-order valence-corrected chi connectivity index (χ3v) is 3.89. The van der Waals surface area contributed by atoms with E-state index in [4.69, 9.17) is 9.47 Å². The molecule has 3 atom stereocenters. The van der Waals surface area contributed by atoms with Crippen molar-refractivity contribution in [2.75, 3.05) is 13.2 Å². The van der Waals surface area contributed by atoms with Crippen LogP contribution in [0.1, 0.15) is 38.3 Å². The Hall–Kier alpha value is -1.73. The molecule has 134 valence electrons. The number of ether oxygens (including phenoxy) is 3. The molecule has 0 aromatic heterocycles.